The molecule has 2 aliphatic rings. The van der Waals surface area contributed by atoms with Crippen LogP contribution >= 0.6 is 0 Å². The van der Waals surface area contributed by atoms with Crippen molar-refractivity contribution in [2.75, 3.05) is 0 Å². The molecule has 0 saturated heterocycles. The van der Waals surface area contributed by atoms with Gasteiger partial charge in [-0.15, -0.1) is 0 Å². The van der Waals surface area contributed by atoms with Crippen molar-refractivity contribution < 1.29 is 9.59 Å². The van der Waals surface area contributed by atoms with Crippen molar-refractivity contribution >= 4 is 11.6 Å². The number of rotatable bonds is 1. The molecule has 14 heavy (non-hydrogen) atoms. The van der Waals surface area contributed by atoms with Gasteiger partial charge in [0.05, 0.1) is 5.41 Å². The van der Waals surface area contributed by atoms with E-state index < -0.39 is 0 Å². The number of ketones is 2. The molecule has 0 aliphatic heterocycles. The zero-order chi connectivity index (χ0) is 10.2. The maximum absolute atomic E-state index is 11.7. The van der Waals surface area contributed by atoms with Crippen LogP contribution in [0.2, 0.25) is 0 Å². The summed E-state index contributed by atoms with van der Waals surface area (Å²) in [5.74, 6) is 0.467. The monoisotopic (exact) mass is 192 g/mol. The largest absolute Gasteiger partial charge is 0.299 e. The van der Waals surface area contributed by atoms with Gasteiger partial charge in [-0.2, -0.15) is 0 Å². The Bertz CT molecular complexity index is 314. The molecule has 2 aliphatic carbocycles. The SMILES string of the molecule is CC(=O)C12CCCCC1=CC(=O)CC2. The number of allylic oxidation sites excluding steroid dienone is 2. The van der Waals surface area contributed by atoms with Gasteiger partial charge < -0.3 is 0 Å². The van der Waals surface area contributed by atoms with Crippen LogP contribution in [0.4, 0.5) is 0 Å². The van der Waals surface area contributed by atoms with E-state index in [9.17, 15) is 9.59 Å². The van der Waals surface area contributed by atoms with Crippen molar-refractivity contribution in [3.05, 3.63) is 11.6 Å². The molecule has 0 radical (unpaired) electrons. The minimum Gasteiger partial charge on any atom is -0.299 e. The van der Waals surface area contributed by atoms with E-state index in [-0.39, 0.29) is 17.0 Å². The first-order chi connectivity index (χ1) is 6.65. The second kappa shape index (κ2) is 3.34. The summed E-state index contributed by atoms with van der Waals surface area (Å²) < 4.78 is 0. The summed E-state index contributed by atoms with van der Waals surface area (Å²) in [6, 6.07) is 0. The summed E-state index contributed by atoms with van der Waals surface area (Å²) in [6.45, 7) is 1.68. The molecule has 2 heteroatoms. The number of fused-ring (bicyclic) bond motifs is 1. The fraction of sp³-hybridized carbons (Fsp3) is 0.667. The van der Waals surface area contributed by atoms with Gasteiger partial charge in [0.15, 0.2) is 5.78 Å². The van der Waals surface area contributed by atoms with Crippen LogP contribution in [-0.4, -0.2) is 11.6 Å². The Morgan fingerprint density at radius 3 is 2.79 bits per heavy atom. The first kappa shape index (κ1) is 9.63. The fourth-order valence-electron chi connectivity index (χ4n) is 2.82. The zero-order valence-corrected chi connectivity index (χ0v) is 8.64. The fourth-order valence-corrected chi connectivity index (χ4v) is 2.82. The smallest absolute Gasteiger partial charge is 0.155 e. The van der Waals surface area contributed by atoms with Crippen molar-refractivity contribution in [2.24, 2.45) is 5.41 Å². The lowest BCUT2D eigenvalue weighted by atomic mass is 9.63. The predicted molar refractivity (Wildman–Crippen MR) is 53.9 cm³/mol. The summed E-state index contributed by atoms with van der Waals surface area (Å²) >= 11 is 0. The molecule has 0 spiro atoms. The Morgan fingerprint density at radius 1 is 1.29 bits per heavy atom. The topological polar surface area (TPSA) is 34.1 Å². The van der Waals surface area contributed by atoms with Crippen molar-refractivity contribution in [3.63, 3.8) is 0 Å². The molecule has 0 aromatic heterocycles. The highest BCUT2D eigenvalue weighted by atomic mass is 16.1. The van der Waals surface area contributed by atoms with Crippen LogP contribution in [-0.2, 0) is 9.59 Å². The summed E-state index contributed by atoms with van der Waals surface area (Å²) in [4.78, 5) is 23.0. The molecule has 1 unspecified atom stereocenters. The summed E-state index contributed by atoms with van der Waals surface area (Å²) in [6.07, 6.45) is 7.23. The number of carbonyl (C=O) groups excluding carboxylic acids is 2. The minimum atomic E-state index is -0.244. The second-order valence-corrected chi connectivity index (χ2v) is 4.48. The van der Waals surface area contributed by atoms with Crippen molar-refractivity contribution in [3.8, 4) is 0 Å². The average molecular weight is 192 g/mol. The van der Waals surface area contributed by atoms with Gasteiger partial charge in [0.2, 0.25) is 0 Å². The molecule has 1 atom stereocenters. The first-order valence-electron chi connectivity index (χ1n) is 5.40. The lowest BCUT2D eigenvalue weighted by Crippen LogP contribution is -2.37. The van der Waals surface area contributed by atoms with Crippen LogP contribution in [0.3, 0.4) is 0 Å². The number of carbonyl (C=O) groups is 2. The molecule has 0 aromatic rings. The standard InChI is InChI=1S/C12H16O2/c1-9(13)12-6-3-2-4-10(12)8-11(14)5-7-12/h8H,2-7H2,1H3. The maximum atomic E-state index is 11.7. The van der Waals surface area contributed by atoms with Crippen LogP contribution in [0.5, 0.6) is 0 Å². The van der Waals surface area contributed by atoms with E-state index in [2.05, 4.69) is 0 Å². The van der Waals surface area contributed by atoms with Gasteiger partial charge in [0.25, 0.3) is 0 Å². The Balaban J connectivity index is 2.40. The normalized spacial score (nSPS) is 32.1. The Labute approximate surface area is 84.4 Å². The molecule has 2 nitrogen and oxygen atoms in total. The molecular formula is C12H16O2. The van der Waals surface area contributed by atoms with Crippen LogP contribution in [0.1, 0.15) is 45.4 Å². The van der Waals surface area contributed by atoms with Crippen LogP contribution in [0.15, 0.2) is 11.6 Å². The third-order valence-electron chi connectivity index (χ3n) is 3.72. The van der Waals surface area contributed by atoms with Crippen molar-refractivity contribution in [1.82, 2.24) is 0 Å². The van der Waals surface area contributed by atoms with E-state index in [1.165, 1.54) is 0 Å². The van der Waals surface area contributed by atoms with Gasteiger partial charge >= 0.3 is 0 Å². The molecule has 0 N–H and O–H groups in total. The summed E-state index contributed by atoms with van der Waals surface area (Å²) in [7, 11) is 0. The van der Waals surface area contributed by atoms with E-state index in [4.69, 9.17) is 0 Å². The van der Waals surface area contributed by atoms with E-state index in [1.807, 2.05) is 0 Å². The van der Waals surface area contributed by atoms with E-state index in [0.29, 0.717) is 6.42 Å². The first-order valence-corrected chi connectivity index (χ1v) is 5.40. The quantitative estimate of drug-likeness (QED) is 0.639. The van der Waals surface area contributed by atoms with Gasteiger partial charge in [0, 0.05) is 6.42 Å². The molecule has 0 bridgehead atoms. The van der Waals surface area contributed by atoms with Gasteiger partial charge in [-0.05, 0) is 38.7 Å². The van der Waals surface area contributed by atoms with Crippen molar-refractivity contribution in [2.45, 2.75) is 45.4 Å². The van der Waals surface area contributed by atoms with Crippen LogP contribution in [0.25, 0.3) is 0 Å². The minimum absolute atomic E-state index is 0.207. The van der Waals surface area contributed by atoms with E-state index >= 15 is 0 Å². The molecule has 76 valence electrons. The summed E-state index contributed by atoms with van der Waals surface area (Å²) in [5.41, 5.74) is 0.874. The molecule has 0 aromatic carbocycles. The van der Waals surface area contributed by atoms with Gasteiger partial charge in [0.1, 0.15) is 5.78 Å². The molecule has 2 rings (SSSR count). The lowest BCUT2D eigenvalue weighted by molar-refractivity contribution is -0.127. The van der Waals surface area contributed by atoms with Crippen LogP contribution in [0, 0.1) is 5.41 Å². The molecule has 1 fully saturated rings. The predicted octanol–water partition coefficient (Wildman–Crippen LogP) is 2.43. The maximum Gasteiger partial charge on any atom is 0.155 e. The highest BCUT2D eigenvalue weighted by Crippen LogP contribution is 2.47. The lowest BCUT2D eigenvalue weighted by Gasteiger charge is -2.39. The van der Waals surface area contributed by atoms with Crippen molar-refractivity contribution in [1.29, 1.82) is 0 Å². The summed E-state index contributed by atoms with van der Waals surface area (Å²) in [5, 5.41) is 0. The van der Waals surface area contributed by atoms with Crippen LogP contribution < -0.4 is 0 Å². The number of hydrogen-bond acceptors (Lipinski definition) is 2. The third kappa shape index (κ3) is 1.33. The Hall–Kier alpha value is -0.920. The molecule has 1 saturated carbocycles. The second-order valence-electron chi connectivity index (χ2n) is 4.48. The zero-order valence-electron chi connectivity index (χ0n) is 8.64. The Morgan fingerprint density at radius 2 is 2.07 bits per heavy atom. The molecule has 0 heterocycles. The molecule has 0 amide bonds. The average Bonchev–Trinajstić information content (AvgIpc) is 2.17. The van der Waals surface area contributed by atoms with E-state index in [0.717, 1.165) is 37.7 Å². The highest BCUT2D eigenvalue weighted by molar-refractivity contribution is 5.96. The molecular weight excluding hydrogens is 176 g/mol. The van der Waals surface area contributed by atoms with Gasteiger partial charge in [-0.1, -0.05) is 12.0 Å². The highest BCUT2D eigenvalue weighted by Gasteiger charge is 2.42. The third-order valence-corrected chi connectivity index (χ3v) is 3.72. The van der Waals surface area contributed by atoms with Gasteiger partial charge in [-0.25, -0.2) is 0 Å². The number of Topliss-reactive ketones (excluding diaryl/α,β-unsaturated/α-hetero) is 1. The van der Waals surface area contributed by atoms with E-state index in [1.54, 1.807) is 13.0 Å². The van der Waals surface area contributed by atoms with Gasteiger partial charge in [-0.3, -0.25) is 9.59 Å². The number of hydrogen-bond donors (Lipinski definition) is 0. The Kier molecular flexibility index (Phi) is 2.30.